The van der Waals surface area contributed by atoms with E-state index in [0.717, 1.165) is 13.2 Å². The second kappa shape index (κ2) is 6.23. The molecule has 0 aliphatic heterocycles. The first kappa shape index (κ1) is 17.1. The maximum Gasteiger partial charge on any atom is 0.335 e. The number of methoxy groups -OCH3 is 1. The highest BCUT2D eigenvalue weighted by molar-refractivity contribution is 7.89. The number of carboxylic acids is 1. The molecular formula is C13H17NO6S. The summed E-state index contributed by atoms with van der Waals surface area (Å²) in [5.74, 6) is -1.96. The summed E-state index contributed by atoms with van der Waals surface area (Å²) in [4.78, 5) is 22.2. The standard InChI is InChI=1S/C13H17NO6S/c1-7-5-10(12(15)16)6-11(8(7)2)21(18,19)14-9(3)13(17)20-4/h5-6,9,14H,1-4H3,(H,15,16). The topological polar surface area (TPSA) is 110 Å². The van der Waals surface area contributed by atoms with E-state index in [9.17, 15) is 18.0 Å². The molecule has 1 aromatic rings. The fourth-order valence-electron chi connectivity index (χ4n) is 1.75. The van der Waals surface area contributed by atoms with Crippen LogP contribution in [0.3, 0.4) is 0 Å². The normalized spacial score (nSPS) is 12.8. The lowest BCUT2D eigenvalue weighted by molar-refractivity contribution is -0.142. The molecule has 0 aliphatic rings. The molecule has 21 heavy (non-hydrogen) atoms. The van der Waals surface area contributed by atoms with Gasteiger partial charge in [-0.1, -0.05) is 0 Å². The highest BCUT2D eigenvalue weighted by atomic mass is 32.2. The average molecular weight is 315 g/mol. The zero-order valence-electron chi connectivity index (χ0n) is 12.1. The molecule has 0 amide bonds. The van der Waals surface area contributed by atoms with E-state index in [2.05, 4.69) is 9.46 Å². The Hall–Kier alpha value is -1.93. The third-order valence-corrected chi connectivity index (χ3v) is 4.71. The summed E-state index contributed by atoms with van der Waals surface area (Å²) in [7, 11) is -2.89. The summed E-state index contributed by atoms with van der Waals surface area (Å²) in [5.41, 5.74) is 0.815. The Morgan fingerprint density at radius 1 is 1.29 bits per heavy atom. The number of carbonyl (C=O) groups excluding carboxylic acids is 1. The summed E-state index contributed by atoms with van der Waals surface area (Å²) in [6.07, 6.45) is 0. The Bertz CT molecular complexity index is 680. The maximum atomic E-state index is 12.3. The van der Waals surface area contributed by atoms with E-state index in [0.29, 0.717) is 11.1 Å². The minimum atomic E-state index is -4.04. The van der Waals surface area contributed by atoms with Crippen LogP contribution in [0.1, 0.15) is 28.4 Å². The quantitative estimate of drug-likeness (QED) is 0.779. The first-order chi connectivity index (χ1) is 9.60. The number of aromatic carboxylic acids is 1. The van der Waals surface area contributed by atoms with Crippen molar-refractivity contribution in [1.82, 2.24) is 4.72 Å². The van der Waals surface area contributed by atoms with Gasteiger partial charge in [0, 0.05) is 0 Å². The number of benzene rings is 1. The molecule has 1 rings (SSSR count). The number of ether oxygens (including phenoxy) is 1. The van der Waals surface area contributed by atoms with Crippen LogP contribution in [0.2, 0.25) is 0 Å². The molecule has 116 valence electrons. The molecule has 8 heteroatoms. The monoisotopic (exact) mass is 315 g/mol. The lowest BCUT2D eigenvalue weighted by Gasteiger charge is -2.15. The number of aryl methyl sites for hydroxylation is 1. The van der Waals surface area contributed by atoms with Crippen LogP contribution in [0.5, 0.6) is 0 Å². The smallest absolute Gasteiger partial charge is 0.335 e. The second-order valence-electron chi connectivity index (χ2n) is 4.59. The lowest BCUT2D eigenvalue weighted by atomic mass is 10.1. The van der Waals surface area contributed by atoms with Crippen LogP contribution in [0.4, 0.5) is 0 Å². The predicted octanol–water partition coefficient (Wildman–Crippen LogP) is 0.841. The van der Waals surface area contributed by atoms with Crippen LogP contribution in [0.15, 0.2) is 17.0 Å². The summed E-state index contributed by atoms with van der Waals surface area (Å²) < 4.78 is 31.2. The fraction of sp³-hybridized carbons (Fsp3) is 0.385. The Kier molecular flexibility index (Phi) is 5.08. The van der Waals surface area contributed by atoms with Crippen LogP contribution in [0.25, 0.3) is 0 Å². The van der Waals surface area contributed by atoms with Gasteiger partial charge in [0.25, 0.3) is 0 Å². The molecule has 1 atom stereocenters. The average Bonchev–Trinajstić information content (AvgIpc) is 2.39. The van der Waals surface area contributed by atoms with Crippen LogP contribution >= 0.6 is 0 Å². The van der Waals surface area contributed by atoms with E-state index in [4.69, 9.17) is 5.11 Å². The van der Waals surface area contributed by atoms with Crippen molar-refractivity contribution in [3.05, 3.63) is 28.8 Å². The molecule has 2 N–H and O–H groups in total. The van der Waals surface area contributed by atoms with E-state index < -0.39 is 28.0 Å². The molecule has 1 aromatic carbocycles. The van der Waals surface area contributed by atoms with E-state index in [1.807, 2.05) is 0 Å². The van der Waals surface area contributed by atoms with Gasteiger partial charge in [0.2, 0.25) is 10.0 Å². The third kappa shape index (κ3) is 3.79. The third-order valence-electron chi connectivity index (χ3n) is 3.04. The molecule has 0 fully saturated rings. The lowest BCUT2D eigenvalue weighted by Crippen LogP contribution is -2.39. The zero-order chi connectivity index (χ0) is 16.4. The number of hydrogen-bond acceptors (Lipinski definition) is 5. The maximum absolute atomic E-state index is 12.3. The summed E-state index contributed by atoms with van der Waals surface area (Å²) in [5, 5.41) is 9.01. The molecule has 0 aromatic heterocycles. The SMILES string of the molecule is COC(=O)C(C)NS(=O)(=O)c1cc(C(=O)O)cc(C)c1C. The summed E-state index contributed by atoms with van der Waals surface area (Å²) in [6.45, 7) is 4.52. The van der Waals surface area contributed by atoms with Gasteiger partial charge in [-0.15, -0.1) is 0 Å². The van der Waals surface area contributed by atoms with Crippen molar-refractivity contribution >= 4 is 22.0 Å². The number of sulfonamides is 1. The number of esters is 1. The van der Waals surface area contributed by atoms with E-state index in [1.165, 1.54) is 13.0 Å². The van der Waals surface area contributed by atoms with Gasteiger partial charge >= 0.3 is 11.9 Å². The van der Waals surface area contributed by atoms with Gasteiger partial charge in [-0.25, -0.2) is 13.2 Å². The first-order valence-electron chi connectivity index (χ1n) is 6.05. The van der Waals surface area contributed by atoms with Crippen molar-refractivity contribution in [3.8, 4) is 0 Å². The van der Waals surface area contributed by atoms with Gasteiger partial charge in [-0.2, -0.15) is 4.72 Å². The molecule has 0 aliphatic carbocycles. The number of carboxylic acid groups (broad SMARTS) is 1. The summed E-state index contributed by atoms with van der Waals surface area (Å²) in [6, 6.07) is 1.38. The van der Waals surface area contributed by atoms with Gasteiger partial charge in [0.1, 0.15) is 6.04 Å². The van der Waals surface area contributed by atoms with E-state index in [1.54, 1.807) is 13.8 Å². The van der Waals surface area contributed by atoms with Gasteiger partial charge in [0.15, 0.2) is 0 Å². The van der Waals surface area contributed by atoms with Crippen LogP contribution in [0, 0.1) is 13.8 Å². The Morgan fingerprint density at radius 2 is 1.86 bits per heavy atom. The molecule has 0 spiro atoms. The van der Waals surface area contributed by atoms with Gasteiger partial charge < -0.3 is 9.84 Å². The van der Waals surface area contributed by atoms with Crippen molar-refractivity contribution in [2.24, 2.45) is 0 Å². The van der Waals surface area contributed by atoms with Crippen molar-refractivity contribution in [2.75, 3.05) is 7.11 Å². The molecule has 0 heterocycles. The molecule has 0 radical (unpaired) electrons. The molecule has 0 saturated carbocycles. The Labute approximate surface area is 123 Å². The number of rotatable bonds is 5. The van der Waals surface area contributed by atoms with Gasteiger partial charge in [-0.3, -0.25) is 4.79 Å². The largest absolute Gasteiger partial charge is 0.478 e. The minimum Gasteiger partial charge on any atom is -0.478 e. The highest BCUT2D eigenvalue weighted by Gasteiger charge is 2.25. The Morgan fingerprint density at radius 3 is 2.33 bits per heavy atom. The fourth-order valence-corrected chi connectivity index (χ4v) is 3.29. The first-order valence-corrected chi connectivity index (χ1v) is 7.53. The molecule has 1 unspecified atom stereocenters. The molecule has 0 bridgehead atoms. The zero-order valence-corrected chi connectivity index (χ0v) is 12.9. The van der Waals surface area contributed by atoms with E-state index >= 15 is 0 Å². The van der Waals surface area contributed by atoms with E-state index in [-0.39, 0.29) is 10.5 Å². The van der Waals surface area contributed by atoms with Crippen LogP contribution in [-0.4, -0.2) is 38.6 Å². The molecular weight excluding hydrogens is 298 g/mol. The number of carbonyl (C=O) groups is 2. The predicted molar refractivity (Wildman–Crippen MR) is 74.7 cm³/mol. The highest BCUT2D eigenvalue weighted by Crippen LogP contribution is 2.21. The second-order valence-corrected chi connectivity index (χ2v) is 6.27. The van der Waals surface area contributed by atoms with Crippen molar-refractivity contribution in [1.29, 1.82) is 0 Å². The van der Waals surface area contributed by atoms with Crippen molar-refractivity contribution in [3.63, 3.8) is 0 Å². The van der Waals surface area contributed by atoms with Gasteiger partial charge in [-0.05, 0) is 44.0 Å². The molecule has 7 nitrogen and oxygen atoms in total. The van der Waals surface area contributed by atoms with Crippen LogP contribution < -0.4 is 4.72 Å². The van der Waals surface area contributed by atoms with Crippen LogP contribution in [-0.2, 0) is 19.6 Å². The number of nitrogens with one attached hydrogen (secondary N) is 1. The molecule has 0 saturated heterocycles. The van der Waals surface area contributed by atoms with Gasteiger partial charge in [0.05, 0.1) is 17.6 Å². The minimum absolute atomic E-state index is 0.135. The summed E-state index contributed by atoms with van der Waals surface area (Å²) >= 11 is 0. The van der Waals surface area contributed by atoms with Crippen molar-refractivity contribution < 1.29 is 27.9 Å². The Balaban J connectivity index is 3.31. The van der Waals surface area contributed by atoms with Crippen molar-refractivity contribution in [2.45, 2.75) is 31.7 Å². The number of hydrogen-bond donors (Lipinski definition) is 2.